The molecule has 0 saturated carbocycles. The lowest BCUT2D eigenvalue weighted by molar-refractivity contribution is 0.0973. The predicted molar refractivity (Wildman–Crippen MR) is 102 cm³/mol. The number of fused-ring (bicyclic) bond motifs is 1. The van der Waals surface area contributed by atoms with Crippen LogP contribution in [0.2, 0.25) is 0 Å². The number of nitrogens with zero attached hydrogens (tertiary/aromatic N) is 1. The van der Waals surface area contributed by atoms with Gasteiger partial charge in [-0.05, 0) is 36.4 Å². The van der Waals surface area contributed by atoms with E-state index in [9.17, 15) is 9.59 Å². The lowest BCUT2D eigenvalue weighted by Crippen LogP contribution is -2.26. The topological polar surface area (TPSA) is 50.5 Å². The zero-order valence-electron chi connectivity index (χ0n) is 13.8. The monoisotopic (exact) mass is 341 g/mol. The molecule has 0 aliphatic heterocycles. The van der Waals surface area contributed by atoms with Gasteiger partial charge in [-0.1, -0.05) is 48.5 Å². The average molecular weight is 341 g/mol. The van der Waals surface area contributed by atoms with E-state index >= 15 is 0 Å². The van der Waals surface area contributed by atoms with Gasteiger partial charge in [-0.2, -0.15) is 0 Å². The summed E-state index contributed by atoms with van der Waals surface area (Å²) in [7, 11) is 0. The van der Waals surface area contributed by atoms with Crippen molar-refractivity contribution in [2.45, 2.75) is 0 Å². The number of para-hydroxylation sites is 3. The molecule has 0 atom stereocenters. The van der Waals surface area contributed by atoms with E-state index in [1.807, 2.05) is 60.7 Å². The van der Waals surface area contributed by atoms with Crippen LogP contribution in [-0.4, -0.2) is 5.91 Å². The highest BCUT2D eigenvalue weighted by molar-refractivity contribution is 6.09. The van der Waals surface area contributed by atoms with Gasteiger partial charge in [0, 0.05) is 17.4 Å². The van der Waals surface area contributed by atoms with Crippen LogP contribution < -0.4 is 10.3 Å². The first-order valence-electron chi connectivity index (χ1n) is 8.21. The minimum absolute atomic E-state index is 0.00130. The van der Waals surface area contributed by atoms with Crippen molar-refractivity contribution in [3.8, 4) is 0 Å². The van der Waals surface area contributed by atoms with Gasteiger partial charge in [-0.3, -0.25) is 14.5 Å². The summed E-state index contributed by atoms with van der Waals surface area (Å²) in [6.45, 7) is 0. The Kier molecular flexibility index (Phi) is 4.07. The molecule has 4 nitrogen and oxygen atoms in total. The smallest absolute Gasteiger partial charge is 0.298 e. The predicted octanol–water partition coefficient (Wildman–Crippen LogP) is 4.77. The highest BCUT2D eigenvalue weighted by atomic mass is 16.3. The number of carbonyl (C=O) groups is 1. The zero-order valence-corrected chi connectivity index (χ0v) is 13.8. The van der Waals surface area contributed by atoms with E-state index in [1.165, 1.54) is 11.0 Å². The average Bonchev–Trinajstić information content (AvgIpc) is 2.70. The van der Waals surface area contributed by atoms with Gasteiger partial charge < -0.3 is 4.42 Å². The summed E-state index contributed by atoms with van der Waals surface area (Å²) in [5.74, 6) is -0.397. The van der Waals surface area contributed by atoms with Gasteiger partial charge in [0.2, 0.25) is 0 Å². The fourth-order valence-electron chi connectivity index (χ4n) is 2.86. The van der Waals surface area contributed by atoms with E-state index in [-0.39, 0.29) is 11.2 Å². The molecule has 26 heavy (non-hydrogen) atoms. The van der Waals surface area contributed by atoms with Gasteiger partial charge in [0.05, 0.1) is 5.39 Å². The summed E-state index contributed by atoms with van der Waals surface area (Å²) in [6.07, 6.45) is 0. The van der Waals surface area contributed by atoms with Gasteiger partial charge in [0.1, 0.15) is 5.58 Å². The standard InChI is InChI=1S/C22H15NO3/c24-19-15-21(26-20-14-8-7-13-18(19)20)22(25)23(16-9-3-1-4-10-16)17-11-5-2-6-12-17/h1-15H. The van der Waals surface area contributed by atoms with Gasteiger partial charge in [0.15, 0.2) is 11.2 Å². The third-order valence-electron chi connectivity index (χ3n) is 4.08. The highest BCUT2D eigenvalue weighted by Gasteiger charge is 2.22. The fourth-order valence-corrected chi connectivity index (χ4v) is 2.86. The van der Waals surface area contributed by atoms with Crippen molar-refractivity contribution < 1.29 is 9.21 Å². The summed E-state index contributed by atoms with van der Waals surface area (Å²) in [6, 6.07) is 26.7. The Hall–Kier alpha value is -3.66. The summed E-state index contributed by atoms with van der Waals surface area (Å²) in [5.41, 5.74) is 1.54. The lowest BCUT2D eigenvalue weighted by atomic mass is 10.2. The van der Waals surface area contributed by atoms with Gasteiger partial charge in [-0.25, -0.2) is 0 Å². The molecule has 1 heterocycles. The van der Waals surface area contributed by atoms with Crippen molar-refractivity contribution in [1.82, 2.24) is 0 Å². The Bertz CT molecular complexity index is 1080. The molecule has 0 saturated heterocycles. The van der Waals surface area contributed by atoms with Crippen LogP contribution in [0.15, 0.2) is 100 Å². The Balaban J connectivity index is 1.87. The van der Waals surface area contributed by atoms with Crippen LogP contribution in [0.4, 0.5) is 11.4 Å². The van der Waals surface area contributed by atoms with E-state index in [2.05, 4.69) is 0 Å². The van der Waals surface area contributed by atoms with Crippen LogP contribution in [0.3, 0.4) is 0 Å². The van der Waals surface area contributed by atoms with Gasteiger partial charge in [-0.15, -0.1) is 0 Å². The van der Waals surface area contributed by atoms with Gasteiger partial charge >= 0.3 is 0 Å². The van der Waals surface area contributed by atoms with Crippen molar-refractivity contribution in [2.24, 2.45) is 0 Å². The third kappa shape index (κ3) is 2.89. The molecular formula is C22H15NO3. The summed E-state index contributed by atoms with van der Waals surface area (Å²) >= 11 is 0. The summed E-state index contributed by atoms with van der Waals surface area (Å²) in [4.78, 5) is 27.1. The van der Waals surface area contributed by atoms with E-state index in [0.29, 0.717) is 22.3 Å². The fraction of sp³-hybridized carbons (Fsp3) is 0. The number of hydrogen-bond donors (Lipinski definition) is 0. The first kappa shape index (κ1) is 15.8. The third-order valence-corrected chi connectivity index (χ3v) is 4.08. The highest BCUT2D eigenvalue weighted by Crippen LogP contribution is 2.27. The van der Waals surface area contributed by atoms with Crippen LogP contribution >= 0.6 is 0 Å². The normalized spacial score (nSPS) is 10.6. The van der Waals surface area contributed by atoms with Crippen LogP contribution in [0.25, 0.3) is 11.0 Å². The number of hydrogen-bond acceptors (Lipinski definition) is 3. The van der Waals surface area contributed by atoms with Crippen molar-refractivity contribution in [2.75, 3.05) is 4.90 Å². The van der Waals surface area contributed by atoms with Gasteiger partial charge in [0.25, 0.3) is 5.91 Å². The van der Waals surface area contributed by atoms with E-state index < -0.39 is 5.91 Å². The molecular weight excluding hydrogens is 326 g/mol. The molecule has 0 N–H and O–H groups in total. The number of anilines is 2. The van der Waals surface area contributed by atoms with Crippen LogP contribution in [-0.2, 0) is 0 Å². The maximum atomic E-state index is 13.2. The first-order valence-corrected chi connectivity index (χ1v) is 8.21. The van der Waals surface area contributed by atoms with Crippen LogP contribution in [0.5, 0.6) is 0 Å². The molecule has 0 aliphatic rings. The van der Waals surface area contributed by atoms with Crippen molar-refractivity contribution in [3.63, 3.8) is 0 Å². The van der Waals surface area contributed by atoms with E-state index in [1.54, 1.807) is 24.3 Å². The van der Waals surface area contributed by atoms with E-state index in [4.69, 9.17) is 4.42 Å². The molecule has 4 heteroatoms. The maximum Gasteiger partial charge on any atom is 0.298 e. The molecule has 0 spiro atoms. The summed E-state index contributed by atoms with van der Waals surface area (Å²) in [5, 5.41) is 0.454. The minimum atomic E-state index is -0.398. The lowest BCUT2D eigenvalue weighted by Gasteiger charge is -2.22. The second-order valence-corrected chi connectivity index (χ2v) is 5.78. The molecule has 0 unspecified atom stereocenters. The number of rotatable bonds is 3. The molecule has 0 aliphatic carbocycles. The quantitative estimate of drug-likeness (QED) is 0.539. The first-order chi connectivity index (χ1) is 12.7. The zero-order chi connectivity index (χ0) is 17.9. The summed E-state index contributed by atoms with van der Waals surface area (Å²) < 4.78 is 5.74. The second kappa shape index (κ2) is 6.69. The molecule has 4 aromatic rings. The van der Waals surface area contributed by atoms with Crippen LogP contribution in [0.1, 0.15) is 10.6 Å². The maximum absolute atomic E-state index is 13.2. The van der Waals surface area contributed by atoms with Crippen molar-refractivity contribution in [1.29, 1.82) is 0 Å². The molecule has 0 fully saturated rings. The second-order valence-electron chi connectivity index (χ2n) is 5.78. The molecule has 1 aromatic heterocycles. The van der Waals surface area contributed by atoms with Crippen LogP contribution in [0, 0.1) is 0 Å². The van der Waals surface area contributed by atoms with E-state index in [0.717, 1.165) is 0 Å². The Morgan fingerprint density at radius 3 is 1.88 bits per heavy atom. The Labute approximate surface area is 149 Å². The number of carbonyl (C=O) groups excluding carboxylic acids is 1. The molecule has 0 radical (unpaired) electrons. The Morgan fingerprint density at radius 1 is 0.731 bits per heavy atom. The molecule has 126 valence electrons. The Morgan fingerprint density at radius 2 is 1.27 bits per heavy atom. The molecule has 0 bridgehead atoms. The minimum Gasteiger partial charge on any atom is -0.451 e. The number of amides is 1. The molecule has 1 amide bonds. The molecule has 3 aromatic carbocycles. The van der Waals surface area contributed by atoms with Crippen molar-refractivity contribution in [3.05, 3.63) is 107 Å². The SMILES string of the molecule is O=C(c1cc(=O)c2ccccc2o1)N(c1ccccc1)c1ccccc1. The number of benzene rings is 3. The largest absolute Gasteiger partial charge is 0.451 e. The van der Waals surface area contributed by atoms with Crippen molar-refractivity contribution >= 4 is 28.3 Å². The molecule has 4 rings (SSSR count).